The highest BCUT2D eigenvalue weighted by Crippen LogP contribution is 1.86. The molecule has 0 aliphatic rings. The van der Waals surface area contributed by atoms with Crippen molar-refractivity contribution in [3.63, 3.8) is 0 Å². The van der Waals surface area contributed by atoms with Crippen molar-refractivity contribution >= 4 is 0 Å². The first-order valence-corrected chi connectivity index (χ1v) is 4.14. The maximum atomic E-state index is 5.34. The minimum atomic E-state index is 0.329. The van der Waals surface area contributed by atoms with Crippen molar-refractivity contribution in [2.75, 3.05) is 13.2 Å². The van der Waals surface area contributed by atoms with Gasteiger partial charge in [-0.15, -0.1) is 6.58 Å². The molecule has 0 rings (SSSR count). The van der Waals surface area contributed by atoms with Crippen LogP contribution in [0.1, 0.15) is 20.8 Å². The number of ether oxygens (including phenoxy) is 1. The maximum absolute atomic E-state index is 5.34. The molecule has 0 aliphatic heterocycles. The molecule has 0 radical (unpaired) electrons. The zero-order valence-electron chi connectivity index (χ0n) is 7.76. The smallest absolute Gasteiger partial charge is 0.0594 e. The van der Waals surface area contributed by atoms with E-state index >= 15 is 0 Å². The third-order valence-electron chi connectivity index (χ3n) is 1.37. The SMILES string of the molecule is C=CC(C)NCCOC(C)C. The molecule has 0 aliphatic carbocycles. The molecule has 0 aromatic heterocycles. The molecule has 66 valence electrons. The Hall–Kier alpha value is -0.340. The van der Waals surface area contributed by atoms with Gasteiger partial charge in [-0.2, -0.15) is 0 Å². The minimum Gasteiger partial charge on any atom is -0.377 e. The Morgan fingerprint density at radius 2 is 2.09 bits per heavy atom. The molecule has 2 heteroatoms. The van der Waals surface area contributed by atoms with Gasteiger partial charge in [-0.05, 0) is 20.8 Å². The van der Waals surface area contributed by atoms with Gasteiger partial charge < -0.3 is 10.1 Å². The predicted octanol–water partition coefficient (Wildman–Crippen LogP) is 1.58. The average molecular weight is 157 g/mol. The molecule has 0 aromatic carbocycles. The summed E-state index contributed by atoms with van der Waals surface area (Å²) in [5, 5.41) is 3.24. The van der Waals surface area contributed by atoms with Crippen LogP contribution in [-0.2, 0) is 4.74 Å². The van der Waals surface area contributed by atoms with Crippen molar-refractivity contribution in [3.8, 4) is 0 Å². The summed E-state index contributed by atoms with van der Waals surface area (Å²) in [5.74, 6) is 0. The van der Waals surface area contributed by atoms with Crippen LogP contribution >= 0.6 is 0 Å². The molecule has 0 saturated heterocycles. The summed E-state index contributed by atoms with van der Waals surface area (Å²) >= 11 is 0. The van der Waals surface area contributed by atoms with Crippen LogP contribution in [0.4, 0.5) is 0 Å². The summed E-state index contributed by atoms with van der Waals surface area (Å²) in [6, 6.07) is 0.380. The van der Waals surface area contributed by atoms with E-state index in [1.165, 1.54) is 0 Å². The van der Waals surface area contributed by atoms with Crippen LogP contribution in [-0.4, -0.2) is 25.3 Å². The third kappa shape index (κ3) is 7.56. The quantitative estimate of drug-likeness (QED) is 0.467. The zero-order chi connectivity index (χ0) is 8.69. The summed E-state index contributed by atoms with van der Waals surface area (Å²) in [4.78, 5) is 0. The Morgan fingerprint density at radius 3 is 2.55 bits per heavy atom. The monoisotopic (exact) mass is 157 g/mol. The molecule has 0 saturated carbocycles. The molecule has 0 spiro atoms. The van der Waals surface area contributed by atoms with Crippen LogP contribution < -0.4 is 5.32 Å². The molecular weight excluding hydrogens is 138 g/mol. The minimum absolute atomic E-state index is 0.329. The van der Waals surface area contributed by atoms with Crippen LogP contribution in [0.3, 0.4) is 0 Å². The van der Waals surface area contributed by atoms with Crippen LogP contribution in [0, 0.1) is 0 Å². The van der Waals surface area contributed by atoms with Crippen molar-refractivity contribution in [2.45, 2.75) is 32.9 Å². The Labute approximate surface area is 69.6 Å². The molecule has 1 unspecified atom stereocenters. The van der Waals surface area contributed by atoms with E-state index in [0.717, 1.165) is 13.2 Å². The van der Waals surface area contributed by atoms with Crippen molar-refractivity contribution in [2.24, 2.45) is 0 Å². The standard InChI is InChI=1S/C9H19NO/c1-5-9(4)10-6-7-11-8(2)3/h5,8-10H,1,6-7H2,2-4H3. The molecule has 0 fully saturated rings. The van der Waals surface area contributed by atoms with E-state index in [2.05, 4.69) is 18.8 Å². The summed E-state index contributed by atoms with van der Waals surface area (Å²) in [6.07, 6.45) is 2.21. The van der Waals surface area contributed by atoms with Gasteiger partial charge in [-0.3, -0.25) is 0 Å². The topological polar surface area (TPSA) is 21.3 Å². The Bertz CT molecular complexity index is 102. The highest BCUT2D eigenvalue weighted by Gasteiger charge is 1.94. The first-order valence-electron chi connectivity index (χ1n) is 4.14. The Morgan fingerprint density at radius 1 is 1.45 bits per heavy atom. The zero-order valence-corrected chi connectivity index (χ0v) is 7.76. The lowest BCUT2D eigenvalue weighted by molar-refractivity contribution is 0.0803. The van der Waals surface area contributed by atoms with E-state index in [9.17, 15) is 0 Å². The number of hydrogen-bond acceptors (Lipinski definition) is 2. The molecule has 0 bridgehead atoms. The lowest BCUT2D eigenvalue weighted by Gasteiger charge is -2.10. The van der Waals surface area contributed by atoms with Gasteiger partial charge in [0.05, 0.1) is 12.7 Å². The fourth-order valence-corrected chi connectivity index (χ4v) is 0.665. The number of hydrogen-bond donors (Lipinski definition) is 1. The van der Waals surface area contributed by atoms with E-state index in [1.807, 2.05) is 19.9 Å². The van der Waals surface area contributed by atoms with Gasteiger partial charge in [-0.25, -0.2) is 0 Å². The lowest BCUT2D eigenvalue weighted by Crippen LogP contribution is -2.28. The maximum Gasteiger partial charge on any atom is 0.0594 e. The number of nitrogens with one attached hydrogen (secondary N) is 1. The van der Waals surface area contributed by atoms with E-state index in [0.29, 0.717) is 12.1 Å². The highest BCUT2D eigenvalue weighted by molar-refractivity contribution is 4.80. The van der Waals surface area contributed by atoms with Gasteiger partial charge in [-0.1, -0.05) is 6.08 Å². The van der Waals surface area contributed by atoms with E-state index in [-0.39, 0.29) is 0 Å². The van der Waals surface area contributed by atoms with Crippen molar-refractivity contribution < 1.29 is 4.74 Å². The summed E-state index contributed by atoms with van der Waals surface area (Å²) in [6.45, 7) is 11.5. The van der Waals surface area contributed by atoms with Crippen LogP contribution in [0.25, 0.3) is 0 Å². The highest BCUT2D eigenvalue weighted by atomic mass is 16.5. The van der Waals surface area contributed by atoms with E-state index in [1.54, 1.807) is 0 Å². The van der Waals surface area contributed by atoms with Crippen molar-refractivity contribution in [1.29, 1.82) is 0 Å². The number of rotatable bonds is 6. The summed E-state index contributed by atoms with van der Waals surface area (Å²) in [7, 11) is 0. The largest absolute Gasteiger partial charge is 0.377 e. The molecule has 0 heterocycles. The molecule has 1 N–H and O–H groups in total. The van der Waals surface area contributed by atoms with Gasteiger partial charge in [0, 0.05) is 12.6 Å². The van der Waals surface area contributed by atoms with Crippen LogP contribution in [0.5, 0.6) is 0 Å². The molecule has 0 amide bonds. The average Bonchev–Trinajstić information content (AvgIpc) is 1.97. The van der Waals surface area contributed by atoms with E-state index < -0.39 is 0 Å². The van der Waals surface area contributed by atoms with Gasteiger partial charge in [0.15, 0.2) is 0 Å². The molecule has 1 atom stereocenters. The van der Waals surface area contributed by atoms with E-state index in [4.69, 9.17) is 4.74 Å². The second kappa shape index (κ2) is 6.38. The van der Waals surface area contributed by atoms with Crippen molar-refractivity contribution in [1.82, 2.24) is 5.32 Å². The third-order valence-corrected chi connectivity index (χ3v) is 1.37. The van der Waals surface area contributed by atoms with Gasteiger partial charge in [0.2, 0.25) is 0 Å². The first-order chi connectivity index (χ1) is 5.16. The van der Waals surface area contributed by atoms with Crippen molar-refractivity contribution in [3.05, 3.63) is 12.7 Å². The fraction of sp³-hybridized carbons (Fsp3) is 0.778. The van der Waals surface area contributed by atoms with Crippen LogP contribution in [0.2, 0.25) is 0 Å². The van der Waals surface area contributed by atoms with Gasteiger partial charge >= 0.3 is 0 Å². The molecule has 2 nitrogen and oxygen atoms in total. The Kier molecular flexibility index (Phi) is 6.18. The normalized spacial score (nSPS) is 13.5. The van der Waals surface area contributed by atoms with Gasteiger partial charge in [0.25, 0.3) is 0 Å². The first kappa shape index (κ1) is 10.7. The predicted molar refractivity (Wildman–Crippen MR) is 48.7 cm³/mol. The molecular formula is C9H19NO. The van der Waals surface area contributed by atoms with Crippen LogP contribution in [0.15, 0.2) is 12.7 Å². The summed E-state index contributed by atoms with van der Waals surface area (Å²) in [5.41, 5.74) is 0. The lowest BCUT2D eigenvalue weighted by atomic mass is 10.3. The fourth-order valence-electron chi connectivity index (χ4n) is 0.665. The Balaban J connectivity index is 3.07. The molecule has 0 aromatic rings. The second-order valence-electron chi connectivity index (χ2n) is 2.90. The van der Waals surface area contributed by atoms with Gasteiger partial charge in [0.1, 0.15) is 0 Å². The molecule has 11 heavy (non-hydrogen) atoms. The second-order valence-corrected chi connectivity index (χ2v) is 2.90. The summed E-state index contributed by atoms with van der Waals surface area (Å²) < 4.78 is 5.34.